The molecule has 0 heterocycles. The first-order valence-corrected chi connectivity index (χ1v) is 6.22. The fourth-order valence-electron chi connectivity index (χ4n) is 2.38. The molecule has 1 atom stereocenters. The smallest absolute Gasteiger partial charge is 0.188 e. The van der Waals surface area contributed by atoms with E-state index in [0.29, 0.717) is 18.0 Å². The number of nitrogens with one attached hydrogen (secondary N) is 1. The van der Waals surface area contributed by atoms with Crippen LogP contribution < -0.4 is 11.1 Å². The zero-order valence-electron chi connectivity index (χ0n) is 10.7. The van der Waals surface area contributed by atoms with Gasteiger partial charge in [-0.3, -0.25) is 4.99 Å². The average Bonchev–Trinajstić information content (AvgIpc) is 3.08. The maximum Gasteiger partial charge on any atom is 0.188 e. The van der Waals surface area contributed by atoms with Crippen LogP contribution >= 0.6 is 24.0 Å². The Morgan fingerprint density at radius 3 is 2.65 bits per heavy atom. The number of aliphatic imine (C=N–C) groups is 1. The van der Waals surface area contributed by atoms with Crippen LogP contribution in [0.4, 0.5) is 0 Å². The van der Waals surface area contributed by atoms with Crippen LogP contribution in [0.3, 0.4) is 0 Å². The van der Waals surface area contributed by atoms with Gasteiger partial charge >= 0.3 is 0 Å². The van der Waals surface area contributed by atoms with Gasteiger partial charge < -0.3 is 15.8 Å². The number of ether oxygens (including phenoxy) is 1. The van der Waals surface area contributed by atoms with Gasteiger partial charge in [-0.1, -0.05) is 0 Å². The number of hydrogen-bond donors (Lipinski definition) is 2. The molecule has 0 spiro atoms. The van der Waals surface area contributed by atoms with Gasteiger partial charge in [0.2, 0.25) is 0 Å². The van der Waals surface area contributed by atoms with Crippen LogP contribution in [0.2, 0.25) is 0 Å². The van der Waals surface area contributed by atoms with Gasteiger partial charge in [-0.2, -0.15) is 0 Å². The monoisotopic (exact) mass is 353 g/mol. The SMILES string of the molecule is COCC(C)NC(N)=NCC1(C2CC2)CC1.I. The van der Waals surface area contributed by atoms with Crippen molar-refractivity contribution in [1.29, 1.82) is 0 Å². The quantitative estimate of drug-likeness (QED) is 0.434. The molecule has 0 bridgehead atoms. The summed E-state index contributed by atoms with van der Waals surface area (Å²) >= 11 is 0. The molecule has 0 radical (unpaired) electrons. The minimum atomic E-state index is 0. The van der Waals surface area contributed by atoms with Gasteiger partial charge in [0.25, 0.3) is 0 Å². The van der Waals surface area contributed by atoms with Crippen LogP contribution in [-0.4, -0.2) is 32.3 Å². The van der Waals surface area contributed by atoms with Crippen molar-refractivity contribution >= 4 is 29.9 Å². The lowest BCUT2D eigenvalue weighted by molar-refractivity contribution is 0.179. The fourth-order valence-corrected chi connectivity index (χ4v) is 2.38. The van der Waals surface area contributed by atoms with Gasteiger partial charge in [0.05, 0.1) is 6.61 Å². The lowest BCUT2D eigenvalue weighted by Gasteiger charge is -2.15. The van der Waals surface area contributed by atoms with Crippen molar-refractivity contribution in [2.75, 3.05) is 20.3 Å². The molecule has 0 aromatic carbocycles. The minimum absolute atomic E-state index is 0. The van der Waals surface area contributed by atoms with Crippen molar-refractivity contribution in [3.05, 3.63) is 0 Å². The lowest BCUT2D eigenvalue weighted by atomic mass is 10.0. The summed E-state index contributed by atoms with van der Waals surface area (Å²) in [5.41, 5.74) is 6.38. The summed E-state index contributed by atoms with van der Waals surface area (Å²) in [7, 11) is 1.69. The number of nitrogens with zero attached hydrogens (tertiary/aromatic N) is 1. The molecule has 5 heteroatoms. The highest BCUT2D eigenvalue weighted by Gasteiger charge is 2.53. The van der Waals surface area contributed by atoms with E-state index in [4.69, 9.17) is 10.5 Å². The fraction of sp³-hybridized carbons (Fsp3) is 0.917. The van der Waals surface area contributed by atoms with E-state index < -0.39 is 0 Å². The van der Waals surface area contributed by atoms with Gasteiger partial charge in [0.1, 0.15) is 0 Å². The van der Waals surface area contributed by atoms with E-state index >= 15 is 0 Å². The molecule has 2 saturated carbocycles. The van der Waals surface area contributed by atoms with Crippen LogP contribution in [0.25, 0.3) is 0 Å². The molecule has 2 aliphatic rings. The van der Waals surface area contributed by atoms with Crippen LogP contribution in [0.5, 0.6) is 0 Å². The summed E-state index contributed by atoms with van der Waals surface area (Å²) < 4.78 is 5.04. The van der Waals surface area contributed by atoms with Gasteiger partial charge in [-0.25, -0.2) is 0 Å². The number of hydrogen-bond acceptors (Lipinski definition) is 2. The van der Waals surface area contributed by atoms with E-state index in [1.165, 1.54) is 25.7 Å². The predicted molar refractivity (Wildman–Crippen MR) is 80.8 cm³/mol. The largest absolute Gasteiger partial charge is 0.383 e. The predicted octanol–water partition coefficient (Wildman–Crippen LogP) is 1.73. The third-order valence-electron chi connectivity index (χ3n) is 3.71. The molecule has 2 aliphatic carbocycles. The molecule has 0 saturated heterocycles. The molecule has 2 fully saturated rings. The molecular formula is C12H24IN3O. The average molecular weight is 353 g/mol. The van der Waals surface area contributed by atoms with E-state index in [9.17, 15) is 0 Å². The van der Waals surface area contributed by atoms with Crippen molar-refractivity contribution in [1.82, 2.24) is 5.32 Å². The maximum atomic E-state index is 5.84. The van der Waals surface area contributed by atoms with E-state index in [1.54, 1.807) is 7.11 Å². The van der Waals surface area contributed by atoms with Crippen molar-refractivity contribution in [3.8, 4) is 0 Å². The molecule has 0 amide bonds. The van der Waals surface area contributed by atoms with Crippen LogP contribution in [0.15, 0.2) is 4.99 Å². The third-order valence-corrected chi connectivity index (χ3v) is 3.71. The van der Waals surface area contributed by atoms with Gasteiger partial charge in [0.15, 0.2) is 5.96 Å². The van der Waals surface area contributed by atoms with Gasteiger partial charge in [-0.05, 0) is 43.9 Å². The zero-order chi connectivity index (χ0) is 11.6. The lowest BCUT2D eigenvalue weighted by Crippen LogP contribution is -2.41. The minimum Gasteiger partial charge on any atom is -0.383 e. The van der Waals surface area contributed by atoms with Crippen LogP contribution in [0, 0.1) is 11.3 Å². The zero-order valence-corrected chi connectivity index (χ0v) is 13.1. The summed E-state index contributed by atoms with van der Waals surface area (Å²) in [5.74, 6) is 1.51. The summed E-state index contributed by atoms with van der Waals surface area (Å²) in [6.07, 6.45) is 5.51. The number of rotatable bonds is 6. The third kappa shape index (κ3) is 4.28. The topological polar surface area (TPSA) is 59.6 Å². The molecule has 4 nitrogen and oxygen atoms in total. The van der Waals surface area contributed by atoms with Crippen molar-refractivity contribution in [3.63, 3.8) is 0 Å². The molecule has 0 aromatic heterocycles. The Morgan fingerprint density at radius 1 is 1.53 bits per heavy atom. The molecule has 2 rings (SSSR count). The number of halogens is 1. The van der Waals surface area contributed by atoms with Gasteiger partial charge in [-0.15, -0.1) is 24.0 Å². The number of methoxy groups -OCH3 is 1. The highest BCUT2D eigenvalue weighted by molar-refractivity contribution is 14.0. The van der Waals surface area contributed by atoms with Crippen molar-refractivity contribution in [2.45, 2.75) is 38.6 Å². The summed E-state index contributed by atoms with van der Waals surface area (Å²) in [6.45, 7) is 3.61. The molecule has 100 valence electrons. The number of guanidine groups is 1. The first-order chi connectivity index (χ1) is 7.66. The van der Waals surface area contributed by atoms with Crippen LogP contribution in [-0.2, 0) is 4.74 Å². The standard InChI is InChI=1S/C12H23N3O.HI/c1-9(7-16-2)15-11(13)14-8-12(5-6-12)10-3-4-10;/h9-10H,3-8H2,1-2H3,(H3,13,14,15);1H. The van der Waals surface area contributed by atoms with Crippen molar-refractivity contribution < 1.29 is 4.74 Å². The first-order valence-electron chi connectivity index (χ1n) is 6.22. The van der Waals surface area contributed by atoms with E-state index in [1.807, 2.05) is 6.92 Å². The second-order valence-corrected chi connectivity index (χ2v) is 5.34. The summed E-state index contributed by atoms with van der Waals surface area (Å²) in [6, 6.07) is 0.227. The van der Waals surface area contributed by atoms with Crippen molar-refractivity contribution in [2.24, 2.45) is 22.1 Å². The van der Waals surface area contributed by atoms with Gasteiger partial charge in [0, 0.05) is 19.7 Å². The molecule has 0 aromatic rings. The van der Waals surface area contributed by atoms with Crippen LogP contribution in [0.1, 0.15) is 32.6 Å². The molecule has 0 aliphatic heterocycles. The molecule has 17 heavy (non-hydrogen) atoms. The molecule has 1 unspecified atom stereocenters. The summed E-state index contributed by atoms with van der Waals surface area (Å²) in [5, 5.41) is 3.14. The Balaban J connectivity index is 0.00000144. The Morgan fingerprint density at radius 2 is 2.18 bits per heavy atom. The second-order valence-electron chi connectivity index (χ2n) is 5.34. The Kier molecular flexibility index (Phi) is 5.50. The highest BCUT2D eigenvalue weighted by atomic mass is 127. The Bertz CT molecular complexity index is 275. The second kappa shape index (κ2) is 6.22. The Hall–Kier alpha value is -0.0400. The van der Waals surface area contributed by atoms with E-state index in [-0.39, 0.29) is 30.0 Å². The van der Waals surface area contributed by atoms with E-state index in [0.717, 1.165) is 12.5 Å². The first kappa shape index (κ1) is 15.0. The highest BCUT2D eigenvalue weighted by Crippen LogP contribution is 2.61. The molecule has 3 N–H and O–H groups in total. The Labute approximate surface area is 121 Å². The molecular weight excluding hydrogens is 329 g/mol. The normalized spacial score (nSPS) is 23.8. The summed E-state index contributed by atoms with van der Waals surface area (Å²) in [4.78, 5) is 4.47. The number of nitrogens with two attached hydrogens (primary N) is 1. The maximum absolute atomic E-state index is 5.84. The van der Waals surface area contributed by atoms with E-state index in [2.05, 4.69) is 10.3 Å².